The zero-order chi connectivity index (χ0) is 20.4. The second kappa shape index (κ2) is 7.76. The lowest BCUT2D eigenvalue weighted by Crippen LogP contribution is -2.30. The monoisotopic (exact) mass is 408 g/mol. The van der Waals surface area contributed by atoms with Crippen LogP contribution < -0.4 is 15.6 Å². The standard InChI is InChI=1S/C20H17ClN6O2/c1-12-7-8-13(21)9-16(12)27-19-15(10-24-27)18(22-11-23-19)25-26-20(28)14-5-3-4-6-17(14)29-2/h3-11H,1-2H3,(H,26,28)(H,22,23,25). The molecule has 0 aliphatic carbocycles. The fraction of sp³-hybridized carbons (Fsp3) is 0.100. The highest BCUT2D eigenvalue weighted by atomic mass is 35.5. The average Bonchev–Trinajstić information content (AvgIpc) is 3.18. The number of hydrazine groups is 1. The third kappa shape index (κ3) is 3.57. The van der Waals surface area contributed by atoms with Gasteiger partial charge in [0.05, 0.1) is 29.9 Å². The molecule has 146 valence electrons. The van der Waals surface area contributed by atoms with E-state index in [4.69, 9.17) is 16.3 Å². The molecule has 9 heteroatoms. The van der Waals surface area contributed by atoms with Gasteiger partial charge in [0.1, 0.15) is 12.1 Å². The van der Waals surface area contributed by atoms with Gasteiger partial charge in [0.25, 0.3) is 5.91 Å². The Morgan fingerprint density at radius 2 is 2.00 bits per heavy atom. The predicted molar refractivity (Wildman–Crippen MR) is 110 cm³/mol. The molecule has 2 aromatic carbocycles. The summed E-state index contributed by atoms with van der Waals surface area (Å²) in [6.07, 6.45) is 3.03. The molecule has 2 N–H and O–H groups in total. The molecule has 0 aliphatic heterocycles. The van der Waals surface area contributed by atoms with Gasteiger partial charge in [-0.05, 0) is 36.8 Å². The Kier molecular flexibility index (Phi) is 5.01. The first-order valence-corrected chi connectivity index (χ1v) is 9.11. The summed E-state index contributed by atoms with van der Waals surface area (Å²) in [5.74, 6) is 0.542. The second-order valence-corrected chi connectivity index (χ2v) is 6.66. The number of hydrogen-bond donors (Lipinski definition) is 2. The van der Waals surface area contributed by atoms with Crippen molar-refractivity contribution in [2.24, 2.45) is 0 Å². The Hall–Kier alpha value is -3.65. The summed E-state index contributed by atoms with van der Waals surface area (Å²) in [6.45, 7) is 1.97. The van der Waals surface area contributed by atoms with Crippen LogP contribution in [-0.2, 0) is 0 Å². The van der Waals surface area contributed by atoms with Crippen LogP contribution in [0.3, 0.4) is 0 Å². The van der Waals surface area contributed by atoms with Gasteiger partial charge in [0.15, 0.2) is 11.5 Å². The number of carbonyl (C=O) groups excluding carboxylic acids is 1. The van der Waals surface area contributed by atoms with Crippen LogP contribution >= 0.6 is 11.6 Å². The van der Waals surface area contributed by atoms with Gasteiger partial charge in [-0.25, -0.2) is 14.6 Å². The zero-order valence-electron chi connectivity index (χ0n) is 15.7. The van der Waals surface area contributed by atoms with Crippen LogP contribution in [0.2, 0.25) is 5.02 Å². The van der Waals surface area contributed by atoms with Crippen molar-refractivity contribution in [3.63, 3.8) is 0 Å². The summed E-state index contributed by atoms with van der Waals surface area (Å²) in [5, 5.41) is 5.67. The van der Waals surface area contributed by atoms with Crippen LogP contribution in [0.5, 0.6) is 5.75 Å². The topological polar surface area (TPSA) is 94.0 Å². The lowest BCUT2D eigenvalue weighted by Gasteiger charge is -2.11. The van der Waals surface area contributed by atoms with E-state index in [0.717, 1.165) is 11.3 Å². The Labute approximate surface area is 171 Å². The number of amides is 1. The van der Waals surface area contributed by atoms with Gasteiger partial charge in [-0.2, -0.15) is 5.10 Å². The first kappa shape index (κ1) is 18.7. The van der Waals surface area contributed by atoms with Crippen molar-refractivity contribution >= 4 is 34.4 Å². The van der Waals surface area contributed by atoms with E-state index in [0.29, 0.717) is 33.2 Å². The molecule has 0 spiro atoms. The number of methoxy groups -OCH3 is 1. The third-order valence-electron chi connectivity index (χ3n) is 4.41. The summed E-state index contributed by atoms with van der Waals surface area (Å²) in [6, 6.07) is 12.5. The number of halogens is 1. The van der Waals surface area contributed by atoms with Gasteiger partial charge in [-0.1, -0.05) is 29.8 Å². The van der Waals surface area contributed by atoms with Gasteiger partial charge in [0.2, 0.25) is 0 Å². The lowest BCUT2D eigenvalue weighted by atomic mass is 10.2. The van der Waals surface area contributed by atoms with Crippen LogP contribution in [0.1, 0.15) is 15.9 Å². The molecule has 0 bridgehead atoms. The number of aromatic nitrogens is 4. The Morgan fingerprint density at radius 3 is 2.83 bits per heavy atom. The maximum atomic E-state index is 12.5. The molecule has 0 unspecified atom stereocenters. The second-order valence-electron chi connectivity index (χ2n) is 6.23. The zero-order valence-corrected chi connectivity index (χ0v) is 16.4. The normalized spacial score (nSPS) is 10.7. The maximum Gasteiger partial charge on any atom is 0.273 e. The van der Waals surface area contributed by atoms with Gasteiger partial charge < -0.3 is 4.74 Å². The number of carbonyl (C=O) groups is 1. The number of benzene rings is 2. The van der Waals surface area contributed by atoms with Crippen LogP contribution in [0.4, 0.5) is 5.82 Å². The molecule has 0 saturated carbocycles. The number of nitrogens with zero attached hydrogens (tertiary/aromatic N) is 4. The molecule has 29 heavy (non-hydrogen) atoms. The van der Waals surface area contributed by atoms with Crippen molar-refractivity contribution in [1.82, 2.24) is 25.2 Å². The largest absolute Gasteiger partial charge is 0.496 e. The summed E-state index contributed by atoms with van der Waals surface area (Å²) in [4.78, 5) is 21.1. The Morgan fingerprint density at radius 1 is 1.17 bits per heavy atom. The molecule has 0 fully saturated rings. The van der Waals surface area contributed by atoms with E-state index in [1.54, 1.807) is 35.1 Å². The van der Waals surface area contributed by atoms with E-state index in [1.807, 2.05) is 25.1 Å². The van der Waals surface area contributed by atoms with E-state index in [2.05, 4.69) is 25.9 Å². The molecule has 0 aliphatic rings. The van der Waals surface area contributed by atoms with Gasteiger partial charge >= 0.3 is 0 Å². The highest BCUT2D eigenvalue weighted by molar-refractivity contribution is 6.30. The van der Waals surface area contributed by atoms with E-state index >= 15 is 0 Å². The van der Waals surface area contributed by atoms with Crippen LogP contribution in [0.25, 0.3) is 16.7 Å². The van der Waals surface area contributed by atoms with Crippen molar-refractivity contribution < 1.29 is 9.53 Å². The Bertz CT molecular complexity index is 1210. The number of hydrogen-bond acceptors (Lipinski definition) is 6. The van der Waals surface area contributed by atoms with Gasteiger partial charge in [-0.3, -0.25) is 15.6 Å². The fourth-order valence-corrected chi connectivity index (χ4v) is 3.11. The average molecular weight is 409 g/mol. The number of fused-ring (bicyclic) bond motifs is 1. The number of ether oxygens (including phenoxy) is 1. The minimum absolute atomic E-state index is 0.354. The Balaban J connectivity index is 1.63. The van der Waals surface area contributed by atoms with Crippen LogP contribution in [0, 0.1) is 6.92 Å². The molecule has 2 heterocycles. The minimum Gasteiger partial charge on any atom is -0.496 e. The van der Waals surface area contributed by atoms with Gasteiger partial charge in [-0.15, -0.1) is 0 Å². The fourth-order valence-electron chi connectivity index (χ4n) is 2.95. The van der Waals surface area contributed by atoms with E-state index < -0.39 is 0 Å². The smallest absolute Gasteiger partial charge is 0.273 e. The third-order valence-corrected chi connectivity index (χ3v) is 4.65. The molecule has 0 saturated heterocycles. The van der Waals surface area contributed by atoms with Crippen molar-refractivity contribution in [2.45, 2.75) is 6.92 Å². The summed E-state index contributed by atoms with van der Waals surface area (Å²) in [7, 11) is 1.51. The van der Waals surface area contributed by atoms with Crippen molar-refractivity contribution in [1.29, 1.82) is 0 Å². The number of anilines is 1. The molecular formula is C20H17ClN6O2. The van der Waals surface area contributed by atoms with Gasteiger partial charge in [0, 0.05) is 5.02 Å². The van der Waals surface area contributed by atoms with E-state index in [9.17, 15) is 4.79 Å². The minimum atomic E-state index is -0.354. The number of aryl methyl sites for hydroxylation is 1. The quantitative estimate of drug-likeness (QED) is 0.490. The predicted octanol–water partition coefficient (Wildman–Crippen LogP) is 3.54. The maximum absolute atomic E-state index is 12.5. The summed E-state index contributed by atoms with van der Waals surface area (Å²) in [5.41, 5.74) is 8.27. The molecule has 0 atom stereocenters. The highest BCUT2D eigenvalue weighted by Crippen LogP contribution is 2.25. The van der Waals surface area contributed by atoms with Crippen molar-refractivity contribution in [2.75, 3.05) is 12.5 Å². The van der Waals surface area contributed by atoms with E-state index in [1.165, 1.54) is 13.4 Å². The first-order chi connectivity index (χ1) is 14.1. The highest BCUT2D eigenvalue weighted by Gasteiger charge is 2.15. The first-order valence-electron chi connectivity index (χ1n) is 8.73. The number of rotatable bonds is 5. The molecule has 1 amide bonds. The molecule has 0 radical (unpaired) electrons. The molecule has 8 nitrogen and oxygen atoms in total. The molecule has 4 rings (SSSR count). The number of para-hydroxylation sites is 1. The van der Waals surface area contributed by atoms with E-state index in [-0.39, 0.29) is 5.91 Å². The molecular weight excluding hydrogens is 392 g/mol. The van der Waals surface area contributed by atoms with Crippen molar-refractivity contribution in [3.05, 3.63) is 71.1 Å². The van der Waals surface area contributed by atoms with Crippen molar-refractivity contribution in [3.8, 4) is 11.4 Å². The lowest BCUT2D eigenvalue weighted by molar-refractivity contribution is 0.0959. The summed E-state index contributed by atoms with van der Waals surface area (Å²) < 4.78 is 6.91. The molecule has 4 aromatic rings. The van der Waals surface area contributed by atoms with Crippen LogP contribution in [0.15, 0.2) is 55.0 Å². The van der Waals surface area contributed by atoms with Crippen LogP contribution in [-0.4, -0.2) is 32.8 Å². The number of nitrogens with one attached hydrogen (secondary N) is 2. The SMILES string of the molecule is COc1ccccc1C(=O)NNc1ncnc2c1cnn2-c1cc(Cl)ccc1C. The molecule has 2 aromatic heterocycles. The summed E-state index contributed by atoms with van der Waals surface area (Å²) >= 11 is 6.14.